The van der Waals surface area contributed by atoms with Crippen molar-refractivity contribution in [3.8, 4) is 34.7 Å². The van der Waals surface area contributed by atoms with Gasteiger partial charge in [0.2, 0.25) is 39.3 Å². The highest BCUT2D eigenvalue weighted by Crippen LogP contribution is 2.20. The molecule has 0 bridgehead atoms. The van der Waals surface area contributed by atoms with Crippen molar-refractivity contribution in [2.45, 2.75) is 30.8 Å². The van der Waals surface area contributed by atoms with Crippen molar-refractivity contribution in [3.05, 3.63) is 96.4 Å². The number of furan rings is 2. The van der Waals surface area contributed by atoms with Crippen LogP contribution in [0.25, 0.3) is 34.7 Å². The highest BCUT2D eigenvalue weighted by Gasteiger charge is 2.19. The van der Waals surface area contributed by atoms with Gasteiger partial charge in [-0.05, 0) is 132 Å². The van der Waals surface area contributed by atoms with Gasteiger partial charge in [0, 0.05) is 52.1 Å². The number of hydrogen-bond donors (Lipinski definition) is 4. The predicted molar refractivity (Wildman–Crippen MR) is 280 cm³/mol. The summed E-state index contributed by atoms with van der Waals surface area (Å²) in [6.07, 6.45) is 8.24. The molecule has 6 aromatic heterocycles. The van der Waals surface area contributed by atoms with Gasteiger partial charge >= 0.3 is 0 Å². The highest BCUT2D eigenvalue weighted by molar-refractivity contribution is 7.90. The van der Waals surface area contributed by atoms with Crippen LogP contribution in [0.1, 0.15) is 24.0 Å². The molecule has 24 nitrogen and oxygen atoms in total. The number of rotatable bonds is 17. The van der Waals surface area contributed by atoms with E-state index in [1.165, 1.54) is 54.4 Å². The second-order valence-electron chi connectivity index (χ2n) is 18.0. The number of nitrogen functional groups attached to an aromatic ring is 2. The molecule has 394 valence electrons. The van der Waals surface area contributed by atoms with Gasteiger partial charge in [-0.3, -0.25) is 9.80 Å². The van der Waals surface area contributed by atoms with E-state index in [0.29, 0.717) is 48.8 Å². The maximum atomic E-state index is 11.4. The van der Waals surface area contributed by atoms with Gasteiger partial charge in [-0.15, -0.1) is 10.2 Å². The summed E-state index contributed by atoms with van der Waals surface area (Å²) in [7, 11) is 0.817. The van der Waals surface area contributed by atoms with Crippen LogP contribution in [-0.2, 0) is 22.7 Å². The van der Waals surface area contributed by atoms with Crippen molar-refractivity contribution >= 4 is 39.2 Å². The number of likely N-dealkylation sites (N-methyl/N-ethyl adjacent to an activating group) is 2. The second kappa shape index (κ2) is 25.6. The molecule has 2 aliphatic heterocycles. The lowest BCUT2D eigenvalue weighted by Crippen LogP contribution is -2.32. The summed E-state index contributed by atoms with van der Waals surface area (Å²) in [5.74, 6) is 4.38. The molecule has 0 amide bonds. The van der Waals surface area contributed by atoms with E-state index >= 15 is 0 Å². The van der Waals surface area contributed by atoms with E-state index < -0.39 is 15.0 Å². The Morgan fingerprint density at radius 2 is 1.11 bits per heavy atom. The Morgan fingerprint density at radius 3 is 1.59 bits per heavy atom. The van der Waals surface area contributed by atoms with Crippen LogP contribution in [0.5, 0.6) is 11.5 Å². The fourth-order valence-electron chi connectivity index (χ4n) is 8.08. The van der Waals surface area contributed by atoms with Crippen LogP contribution in [0.3, 0.4) is 0 Å². The molecule has 0 unspecified atom stereocenters. The third-order valence-corrected chi connectivity index (χ3v) is 13.1. The van der Waals surface area contributed by atoms with Gasteiger partial charge in [0.1, 0.15) is 24.7 Å². The van der Waals surface area contributed by atoms with Gasteiger partial charge < -0.3 is 50.6 Å². The Labute approximate surface area is 429 Å². The van der Waals surface area contributed by atoms with Crippen LogP contribution in [0.4, 0.5) is 17.8 Å². The van der Waals surface area contributed by atoms with E-state index in [0.717, 1.165) is 87.5 Å². The zero-order valence-electron chi connectivity index (χ0n) is 42.2. The van der Waals surface area contributed by atoms with Crippen LogP contribution in [0.2, 0.25) is 0 Å². The average molecular weight is 1040 g/mol. The van der Waals surface area contributed by atoms with Crippen LogP contribution in [0, 0.1) is 0 Å². The third kappa shape index (κ3) is 15.1. The number of nitrogens with two attached hydrogens (primary N) is 3. The SMILES string of the molecule is CN1CCCN(CCOc2ccc(CCN)cc2)CC1.CN1CCCN(CCOc2ccc(CCNc3nc(N)n4nc(-c5ccco5)nc4n3)cc2)CC1.CS(=O)(=O)c1nc(N)n2nc(-c3ccco3)nc2n1. The summed E-state index contributed by atoms with van der Waals surface area (Å²) in [5.41, 5.74) is 19.7. The Bertz CT molecular complexity index is 3080. The molecule has 2 fully saturated rings. The molecule has 74 heavy (non-hydrogen) atoms. The van der Waals surface area contributed by atoms with Crippen molar-refractivity contribution < 1.29 is 26.7 Å². The molecule has 8 aromatic rings. The molecule has 2 aliphatic rings. The fourth-order valence-corrected chi connectivity index (χ4v) is 8.59. The molecule has 0 saturated carbocycles. The minimum Gasteiger partial charge on any atom is -0.492 e. The van der Waals surface area contributed by atoms with E-state index in [4.69, 9.17) is 35.5 Å². The van der Waals surface area contributed by atoms with E-state index in [1.807, 2.05) is 24.3 Å². The standard InChI is InChI=1S/C24H31N9O2.C16H27N3O.C9H8N6O3S/c1-31-11-3-12-32(14-13-31)15-17-34-19-7-5-18(6-8-19)9-10-26-23-28-22(25)33-24(29-23)27-21(30-33)20-4-2-16-35-20;1-18-9-2-10-19(12-11-18)13-14-20-16-5-3-15(4-6-16)7-8-17;1-19(16,17)9-12-7(10)15-8(13-9)11-6(14-15)5-3-2-4-18-5/h2,4-8,16H,3,9-15,17H2,1H3,(H3,25,26,27,28,29,30);3-6H,2,7-14,17H2,1H3;2-4H,1H3,(H2,10,11,12,13,14). The number of benzene rings is 2. The van der Waals surface area contributed by atoms with E-state index in [-0.39, 0.29) is 23.5 Å². The number of sulfone groups is 1. The molecule has 0 atom stereocenters. The van der Waals surface area contributed by atoms with E-state index in [2.05, 4.69) is 103 Å². The number of hydrogen-bond acceptors (Lipinski definition) is 22. The van der Waals surface area contributed by atoms with Gasteiger partial charge in [0.15, 0.2) is 11.5 Å². The molecule has 25 heteroatoms. The van der Waals surface area contributed by atoms with Gasteiger partial charge in [-0.1, -0.05) is 24.3 Å². The molecule has 2 aromatic carbocycles. The second-order valence-corrected chi connectivity index (χ2v) is 19.9. The monoisotopic (exact) mass is 1030 g/mol. The van der Waals surface area contributed by atoms with Crippen LogP contribution < -0.4 is 32.0 Å². The zero-order valence-corrected chi connectivity index (χ0v) is 43.0. The molecule has 10 rings (SSSR count). The van der Waals surface area contributed by atoms with Gasteiger partial charge in [0.25, 0.3) is 16.7 Å². The van der Waals surface area contributed by atoms with Crippen molar-refractivity contribution in [3.63, 3.8) is 0 Å². The number of anilines is 3. The first-order chi connectivity index (χ1) is 35.9. The Kier molecular flexibility index (Phi) is 18.3. The van der Waals surface area contributed by atoms with Gasteiger partial charge in [-0.2, -0.15) is 38.9 Å². The molecule has 8 heterocycles. The molecule has 0 aliphatic carbocycles. The predicted octanol–water partition coefficient (Wildman–Crippen LogP) is 3.00. The summed E-state index contributed by atoms with van der Waals surface area (Å²) in [5, 5.41) is 11.2. The quantitative estimate of drug-likeness (QED) is 0.102. The third-order valence-electron chi connectivity index (χ3n) is 12.2. The normalized spacial score (nSPS) is 15.2. The smallest absolute Gasteiger partial charge is 0.259 e. The number of nitrogens with one attached hydrogen (secondary N) is 1. The lowest BCUT2D eigenvalue weighted by molar-refractivity contribution is 0.212. The molecular weight excluding hydrogens is 969 g/mol. The van der Waals surface area contributed by atoms with E-state index in [1.54, 1.807) is 30.5 Å². The Morgan fingerprint density at radius 1 is 0.608 bits per heavy atom. The fraction of sp³-hybridized carbons (Fsp3) is 0.429. The first kappa shape index (κ1) is 53.0. The van der Waals surface area contributed by atoms with E-state index in [9.17, 15) is 8.42 Å². The maximum absolute atomic E-state index is 11.4. The summed E-state index contributed by atoms with van der Waals surface area (Å²) in [6, 6.07) is 23.4. The zero-order chi connectivity index (χ0) is 51.9. The highest BCUT2D eigenvalue weighted by atomic mass is 32.2. The Hall–Kier alpha value is -7.29. The van der Waals surface area contributed by atoms with Gasteiger partial charge in [-0.25, -0.2) is 8.42 Å². The molecular formula is C49H66N18O6S. The first-order valence-electron chi connectivity index (χ1n) is 24.6. The molecule has 0 radical (unpaired) electrons. The van der Waals surface area contributed by atoms with Crippen LogP contribution in [-0.4, -0.2) is 189 Å². The largest absolute Gasteiger partial charge is 0.492 e. The Balaban J connectivity index is 0.000000159. The minimum atomic E-state index is -3.57. The molecule has 2 saturated heterocycles. The van der Waals surface area contributed by atoms with Crippen molar-refractivity contribution in [1.82, 2.24) is 68.7 Å². The number of fused-ring (bicyclic) bond motifs is 2. The number of ether oxygens (including phenoxy) is 2. The van der Waals surface area contributed by atoms with Crippen LogP contribution in [0.15, 0.2) is 99.3 Å². The molecule has 7 N–H and O–H groups in total. The summed E-state index contributed by atoms with van der Waals surface area (Å²) < 4.78 is 47.6. The van der Waals surface area contributed by atoms with Crippen molar-refractivity contribution in [1.29, 1.82) is 0 Å². The molecule has 0 spiro atoms. The lowest BCUT2D eigenvalue weighted by atomic mass is 10.1. The number of nitrogens with zero attached hydrogens (tertiary/aromatic N) is 14. The summed E-state index contributed by atoms with van der Waals surface area (Å²) >= 11 is 0. The summed E-state index contributed by atoms with van der Waals surface area (Å²) in [6.45, 7) is 14.0. The van der Waals surface area contributed by atoms with Crippen LogP contribution >= 0.6 is 0 Å². The average Bonchev–Trinajstić information content (AvgIpc) is 4.22. The first-order valence-corrected chi connectivity index (χ1v) is 26.5. The van der Waals surface area contributed by atoms with Crippen molar-refractivity contribution in [2.24, 2.45) is 5.73 Å². The number of aromatic nitrogens is 10. The maximum Gasteiger partial charge on any atom is 0.259 e. The summed E-state index contributed by atoms with van der Waals surface area (Å²) in [4.78, 5) is 34.4. The lowest BCUT2D eigenvalue weighted by Gasteiger charge is -2.20. The minimum absolute atomic E-state index is 0.0410. The topological polar surface area (TPSA) is 294 Å². The van der Waals surface area contributed by atoms with Crippen molar-refractivity contribution in [2.75, 3.05) is 129 Å². The van der Waals surface area contributed by atoms with Gasteiger partial charge in [0.05, 0.1) is 12.5 Å².